The van der Waals surface area contributed by atoms with E-state index in [4.69, 9.17) is 5.11 Å². The third-order valence-electron chi connectivity index (χ3n) is 3.22. The Labute approximate surface area is 90.7 Å². The zero-order chi connectivity index (χ0) is 11.1. The van der Waals surface area contributed by atoms with Crippen LogP contribution >= 0.6 is 0 Å². The normalized spacial score (nSPS) is 18.3. The number of nitrogens with one attached hydrogen (secondary N) is 1. The molecule has 15 heavy (non-hydrogen) atoms. The third-order valence-corrected chi connectivity index (χ3v) is 3.22. The monoisotopic (exact) mass is 206 g/mol. The smallest absolute Gasteiger partial charge is 0.0682 e. The van der Waals surface area contributed by atoms with E-state index in [9.17, 15) is 0 Å². The zero-order valence-corrected chi connectivity index (χ0v) is 9.54. The van der Waals surface area contributed by atoms with Gasteiger partial charge in [0.15, 0.2) is 0 Å². The topological polar surface area (TPSA) is 35.5 Å². The molecule has 82 valence electrons. The number of nitrogens with zero attached hydrogens (tertiary/aromatic N) is 1. The van der Waals surface area contributed by atoms with Gasteiger partial charge in [0, 0.05) is 13.6 Å². The molecule has 0 aliphatic carbocycles. The number of fused-ring (bicyclic) bond motifs is 1. The highest BCUT2D eigenvalue weighted by atomic mass is 16.3. The number of aliphatic hydroxyl groups is 1. The SMILES string of the molecule is CN1c2ccc(CO)cc2NCC1(C)C. The average molecular weight is 206 g/mol. The Balaban J connectivity index is 2.42. The van der Waals surface area contributed by atoms with Crippen molar-refractivity contribution < 1.29 is 5.11 Å². The standard InChI is InChI=1S/C12H18N2O/c1-12(2)8-13-10-6-9(7-15)4-5-11(10)14(12)3/h4-6,13,15H,7-8H2,1-3H3. The molecule has 3 heteroatoms. The van der Waals surface area contributed by atoms with Crippen molar-refractivity contribution in [1.29, 1.82) is 0 Å². The Morgan fingerprint density at radius 1 is 1.47 bits per heavy atom. The number of aliphatic hydroxyl groups excluding tert-OH is 1. The van der Waals surface area contributed by atoms with Gasteiger partial charge >= 0.3 is 0 Å². The highest BCUT2D eigenvalue weighted by Crippen LogP contribution is 2.35. The maximum absolute atomic E-state index is 9.07. The van der Waals surface area contributed by atoms with E-state index in [0.29, 0.717) is 0 Å². The lowest BCUT2D eigenvalue weighted by molar-refractivity contribution is 0.282. The molecule has 0 saturated carbocycles. The van der Waals surface area contributed by atoms with Crippen molar-refractivity contribution >= 4 is 11.4 Å². The molecule has 0 unspecified atom stereocenters. The van der Waals surface area contributed by atoms with Gasteiger partial charge in [-0.1, -0.05) is 6.07 Å². The van der Waals surface area contributed by atoms with Crippen LogP contribution in [-0.2, 0) is 6.61 Å². The highest BCUT2D eigenvalue weighted by Gasteiger charge is 2.29. The number of hydrogen-bond donors (Lipinski definition) is 2. The van der Waals surface area contributed by atoms with Gasteiger partial charge in [0.1, 0.15) is 0 Å². The van der Waals surface area contributed by atoms with E-state index in [-0.39, 0.29) is 12.1 Å². The largest absolute Gasteiger partial charge is 0.392 e. The molecule has 0 atom stereocenters. The van der Waals surface area contributed by atoms with Gasteiger partial charge in [-0.2, -0.15) is 0 Å². The van der Waals surface area contributed by atoms with E-state index in [1.165, 1.54) is 5.69 Å². The van der Waals surface area contributed by atoms with Crippen LogP contribution in [0.3, 0.4) is 0 Å². The van der Waals surface area contributed by atoms with Crippen molar-refractivity contribution in [2.24, 2.45) is 0 Å². The summed E-state index contributed by atoms with van der Waals surface area (Å²) in [5.74, 6) is 0. The average Bonchev–Trinajstić information content (AvgIpc) is 2.23. The van der Waals surface area contributed by atoms with Crippen molar-refractivity contribution in [2.75, 3.05) is 23.8 Å². The Morgan fingerprint density at radius 2 is 2.20 bits per heavy atom. The molecule has 1 aromatic rings. The van der Waals surface area contributed by atoms with Gasteiger partial charge in [0.2, 0.25) is 0 Å². The lowest BCUT2D eigenvalue weighted by Crippen LogP contribution is -2.50. The van der Waals surface area contributed by atoms with Crippen LogP contribution in [0.2, 0.25) is 0 Å². The first kappa shape index (κ1) is 10.3. The summed E-state index contributed by atoms with van der Waals surface area (Å²) in [4.78, 5) is 2.28. The third kappa shape index (κ3) is 1.67. The van der Waals surface area contributed by atoms with Gasteiger partial charge in [0.25, 0.3) is 0 Å². The summed E-state index contributed by atoms with van der Waals surface area (Å²) < 4.78 is 0. The van der Waals surface area contributed by atoms with Gasteiger partial charge in [0.05, 0.1) is 23.5 Å². The van der Waals surface area contributed by atoms with Crippen molar-refractivity contribution in [3.05, 3.63) is 23.8 Å². The zero-order valence-electron chi connectivity index (χ0n) is 9.54. The van der Waals surface area contributed by atoms with Crippen LogP contribution in [0.1, 0.15) is 19.4 Å². The molecular weight excluding hydrogens is 188 g/mol. The molecule has 0 aromatic heterocycles. The summed E-state index contributed by atoms with van der Waals surface area (Å²) in [5.41, 5.74) is 3.40. The van der Waals surface area contributed by atoms with Crippen molar-refractivity contribution in [2.45, 2.75) is 26.0 Å². The highest BCUT2D eigenvalue weighted by molar-refractivity contribution is 5.74. The molecule has 1 aliphatic heterocycles. The second-order valence-electron chi connectivity index (χ2n) is 4.73. The second kappa shape index (κ2) is 3.42. The van der Waals surface area contributed by atoms with E-state index in [2.05, 4.69) is 37.2 Å². The molecule has 0 spiro atoms. The van der Waals surface area contributed by atoms with E-state index in [0.717, 1.165) is 17.8 Å². The maximum atomic E-state index is 9.07. The maximum Gasteiger partial charge on any atom is 0.0682 e. The molecule has 3 nitrogen and oxygen atoms in total. The lowest BCUT2D eigenvalue weighted by Gasteiger charge is -2.43. The summed E-state index contributed by atoms with van der Waals surface area (Å²) in [6.07, 6.45) is 0. The minimum atomic E-state index is 0.0993. The van der Waals surface area contributed by atoms with Crippen LogP contribution in [0, 0.1) is 0 Å². The molecule has 2 N–H and O–H groups in total. The molecule has 0 amide bonds. The molecule has 0 bridgehead atoms. The summed E-state index contributed by atoms with van der Waals surface area (Å²) in [7, 11) is 2.11. The number of benzene rings is 1. The molecule has 1 aliphatic rings. The van der Waals surface area contributed by atoms with Gasteiger partial charge < -0.3 is 15.3 Å². The Bertz CT molecular complexity index is 374. The van der Waals surface area contributed by atoms with Crippen LogP contribution in [0.15, 0.2) is 18.2 Å². The van der Waals surface area contributed by atoms with Crippen LogP contribution < -0.4 is 10.2 Å². The predicted molar refractivity (Wildman–Crippen MR) is 63.3 cm³/mol. The Hall–Kier alpha value is -1.22. The molecule has 1 heterocycles. The summed E-state index contributed by atoms with van der Waals surface area (Å²) in [6, 6.07) is 6.05. The van der Waals surface area contributed by atoms with E-state index < -0.39 is 0 Å². The summed E-state index contributed by atoms with van der Waals surface area (Å²) >= 11 is 0. The predicted octanol–water partition coefficient (Wildman–Crippen LogP) is 1.82. The lowest BCUT2D eigenvalue weighted by atomic mass is 9.98. The second-order valence-corrected chi connectivity index (χ2v) is 4.73. The van der Waals surface area contributed by atoms with Crippen LogP contribution in [0.5, 0.6) is 0 Å². The fourth-order valence-corrected chi connectivity index (χ4v) is 1.87. The van der Waals surface area contributed by atoms with E-state index in [1.807, 2.05) is 12.1 Å². The van der Waals surface area contributed by atoms with Crippen molar-refractivity contribution in [3.63, 3.8) is 0 Å². The minimum absolute atomic E-state index is 0.0993. The first-order valence-electron chi connectivity index (χ1n) is 5.26. The number of likely N-dealkylation sites (N-methyl/N-ethyl adjacent to an activating group) is 1. The fraction of sp³-hybridized carbons (Fsp3) is 0.500. The fourth-order valence-electron chi connectivity index (χ4n) is 1.87. The molecule has 0 saturated heterocycles. The molecule has 0 radical (unpaired) electrons. The van der Waals surface area contributed by atoms with E-state index in [1.54, 1.807) is 0 Å². The summed E-state index contributed by atoms with van der Waals surface area (Å²) in [5, 5.41) is 12.5. The van der Waals surface area contributed by atoms with Crippen molar-refractivity contribution in [3.8, 4) is 0 Å². The number of hydrogen-bond acceptors (Lipinski definition) is 3. The van der Waals surface area contributed by atoms with Gasteiger partial charge in [-0.25, -0.2) is 0 Å². The minimum Gasteiger partial charge on any atom is -0.392 e. The van der Waals surface area contributed by atoms with Crippen LogP contribution in [0.25, 0.3) is 0 Å². The van der Waals surface area contributed by atoms with Crippen LogP contribution in [0.4, 0.5) is 11.4 Å². The Morgan fingerprint density at radius 3 is 2.87 bits per heavy atom. The number of anilines is 2. The quantitative estimate of drug-likeness (QED) is 0.735. The molecule has 2 rings (SSSR count). The number of rotatable bonds is 1. The first-order chi connectivity index (χ1) is 7.04. The first-order valence-corrected chi connectivity index (χ1v) is 5.26. The summed E-state index contributed by atoms with van der Waals surface area (Å²) in [6.45, 7) is 5.44. The molecular formula is C12H18N2O. The van der Waals surface area contributed by atoms with Gasteiger partial charge in [-0.15, -0.1) is 0 Å². The van der Waals surface area contributed by atoms with E-state index >= 15 is 0 Å². The Kier molecular flexibility index (Phi) is 2.35. The van der Waals surface area contributed by atoms with Gasteiger partial charge in [-0.3, -0.25) is 0 Å². The van der Waals surface area contributed by atoms with Crippen molar-refractivity contribution in [1.82, 2.24) is 0 Å². The molecule has 1 aromatic carbocycles. The van der Waals surface area contributed by atoms with Crippen LogP contribution in [-0.4, -0.2) is 24.2 Å². The molecule has 0 fully saturated rings. The van der Waals surface area contributed by atoms with Gasteiger partial charge in [-0.05, 0) is 31.5 Å².